The molecule has 0 fully saturated rings. The number of aromatic carboxylic acids is 1. The van der Waals surface area contributed by atoms with Gasteiger partial charge in [0.2, 0.25) is 0 Å². The predicted octanol–water partition coefficient (Wildman–Crippen LogP) is 7.34. The monoisotopic (exact) mass is 469 g/mol. The maximum atomic E-state index is 11.1. The van der Waals surface area contributed by atoms with Gasteiger partial charge in [0, 0.05) is 18.1 Å². The van der Waals surface area contributed by atoms with E-state index in [1.165, 1.54) is 16.7 Å². The number of hydrogen-bond donors (Lipinski definition) is 1. The largest absolute Gasteiger partial charge is 0.478 e. The standard InChI is InChI=1S/C30H28ClNO2/c31-29-18-10-25(11-19-29)22-32(20-4-7-23-5-2-1-3-6-23)21-24-8-12-26(13-9-24)27-14-16-28(17-15-27)30(33)34/h1-3,5-6,8-19H,4,7,20-22H2,(H,33,34). The molecule has 34 heavy (non-hydrogen) atoms. The van der Waals surface area contributed by atoms with E-state index in [2.05, 4.69) is 71.6 Å². The number of rotatable bonds is 10. The molecule has 1 N–H and O–H groups in total. The van der Waals surface area contributed by atoms with E-state index in [0.717, 1.165) is 48.6 Å². The molecule has 4 rings (SSSR count). The molecule has 0 aliphatic rings. The van der Waals surface area contributed by atoms with Crippen LogP contribution in [0.5, 0.6) is 0 Å². The Balaban J connectivity index is 1.43. The lowest BCUT2D eigenvalue weighted by Crippen LogP contribution is -2.24. The fourth-order valence-corrected chi connectivity index (χ4v) is 4.21. The van der Waals surface area contributed by atoms with Gasteiger partial charge in [-0.3, -0.25) is 4.90 Å². The molecule has 0 aliphatic carbocycles. The van der Waals surface area contributed by atoms with Crippen molar-refractivity contribution in [3.63, 3.8) is 0 Å². The lowest BCUT2D eigenvalue weighted by molar-refractivity contribution is 0.0697. The number of nitrogens with zero attached hydrogens (tertiary/aromatic N) is 1. The van der Waals surface area contributed by atoms with Crippen LogP contribution in [0.25, 0.3) is 11.1 Å². The molecule has 4 aromatic rings. The first-order valence-corrected chi connectivity index (χ1v) is 11.9. The normalized spacial score (nSPS) is 11.0. The zero-order valence-electron chi connectivity index (χ0n) is 19.0. The predicted molar refractivity (Wildman–Crippen MR) is 139 cm³/mol. The van der Waals surface area contributed by atoms with Gasteiger partial charge in [-0.05, 0) is 71.5 Å². The third-order valence-electron chi connectivity index (χ3n) is 5.93. The van der Waals surface area contributed by atoms with E-state index in [-0.39, 0.29) is 0 Å². The molecule has 0 amide bonds. The van der Waals surface area contributed by atoms with Crippen LogP contribution in [0, 0.1) is 0 Å². The molecule has 4 heteroatoms. The van der Waals surface area contributed by atoms with Crippen LogP contribution in [0.2, 0.25) is 5.02 Å². The third-order valence-corrected chi connectivity index (χ3v) is 6.18. The SMILES string of the molecule is O=C(O)c1ccc(-c2ccc(CN(CCCc3ccccc3)Cc3ccc(Cl)cc3)cc2)cc1. The van der Waals surface area contributed by atoms with Gasteiger partial charge in [-0.1, -0.05) is 90.5 Å². The number of carboxylic acid groups (broad SMARTS) is 1. The highest BCUT2D eigenvalue weighted by molar-refractivity contribution is 6.30. The molecule has 0 heterocycles. The Bertz CT molecular complexity index is 1190. The highest BCUT2D eigenvalue weighted by atomic mass is 35.5. The van der Waals surface area contributed by atoms with Gasteiger partial charge in [0.25, 0.3) is 0 Å². The molecule has 0 bridgehead atoms. The van der Waals surface area contributed by atoms with E-state index < -0.39 is 5.97 Å². The van der Waals surface area contributed by atoms with Crippen molar-refractivity contribution in [1.29, 1.82) is 0 Å². The number of benzene rings is 4. The first-order chi connectivity index (χ1) is 16.6. The Morgan fingerprint density at radius 1 is 0.676 bits per heavy atom. The molecule has 0 aromatic heterocycles. The Kier molecular flexibility index (Phi) is 8.13. The van der Waals surface area contributed by atoms with Crippen LogP contribution in [0.1, 0.15) is 33.5 Å². The summed E-state index contributed by atoms with van der Waals surface area (Å²) in [4.78, 5) is 13.6. The first kappa shape index (κ1) is 23.7. The van der Waals surface area contributed by atoms with Gasteiger partial charge in [0.05, 0.1) is 5.56 Å². The van der Waals surface area contributed by atoms with Crippen LogP contribution in [0.15, 0.2) is 103 Å². The van der Waals surface area contributed by atoms with Crippen molar-refractivity contribution in [2.45, 2.75) is 25.9 Å². The topological polar surface area (TPSA) is 40.5 Å². The molecule has 172 valence electrons. The molecule has 0 aliphatic heterocycles. The fourth-order valence-electron chi connectivity index (χ4n) is 4.08. The molecule has 0 saturated carbocycles. The smallest absolute Gasteiger partial charge is 0.335 e. The number of halogens is 1. The van der Waals surface area contributed by atoms with E-state index in [4.69, 9.17) is 16.7 Å². The molecule has 0 radical (unpaired) electrons. The van der Waals surface area contributed by atoms with Crippen LogP contribution in [0.3, 0.4) is 0 Å². The molecule has 3 nitrogen and oxygen atoms in total. The Hall–Kier alpha value is -3.40. The highest BCUT2D eigenvalue weighted by Crippen LogP contribution is 2.22. The van der Waals surface area contributed by atoms with Crippen LogP contribution in [0.4, 0.5) is 0 Å². The van der Waals surface area contributed by atoms with Crippen molar-refractivity contribution in [2.24, 2.45) is 0 Å². The highest BCUT2D eigenvalue weighted by Gasteiger charge is 2.09. The van der Waals surface area contributed by atoms with Gasteiger partial charge in [-0.25, -0.2) is 4.79 Å². The molecule has 0 unspecified atom stereocenters. The van der Waals surface area contributed by atoms with Gasteiger partial charge >= 0.3 is 5.97 Å². The van der Waals surface area contributed by atoms with Crippen molar-refractivity contribution in [2.75, 3.05) is 6.54 Å². The molecule has 0 spiro atoms. The maximum absolute atomic E-state index is 11.1. The summed E-state index contributed by atoms with van der Waals surface area (Å²) < 4.78 is 0. The van der Waals surface area contributed by atoms with Gasteiger partial charge in [-0.15, -0.1) is 0 Å². The summed E-state index contributed by atoms with van der Waals surface area (Å²) >= 11 is 6.08. The van der Waals surface area contributed by atoms with E-state index in [1.54, 1.807) is 12.1 Å². The molecule has 0 saturated heterocycles. The van der Waals surface area contributed by atoms with Gasteiger partial charge in [-0.2, -0.15) is 0 Å². The average Bonchev–Trinajstić information content (AvgIpc) is 2.86. The number of hydrogen-bond acceptors (Lipinski definition) is 2. The van der Waals surface area contributed by atoms with Gasteiger partial charge in [0.1, 0.15) is 0 Å². The van der Waals surface area contributed by atoms with Crippen LogP contribution in [-0.2, 0) is 19.5 Å². The summed E-state index contributed by atoms with van der Waals surface area (Å²) in [5, 5.41) is 9.86. The summed E-state index contributed by atoms with van der Waals surface area (Å²) in [6.07, 6.45) is 2.15. The van der Waals surface area contributed by atoms with Gasteiger partial charge < -0.3 is 5.11 Å². The average molecular weight is 470 g/mol. The number of aryl methyl sites for hydroxylation is 1. The first-order valence-electron chi connectivity index (χ1n) is 11.5. The van der Waals surface area contributed by atoms with E-state index >= 15 is 0 Å². The minimum atomic E-state index is -0.907. The number of carbonyl (C=O) groups is 1. The lowest BCUT2D eigenvalue weighted by atomic mass is 10.0. The van der Waals surface area contributed by atoms with Crippen LogP contribution >= 0.6 is 11.6 Å². The van der Waals surface area contributed by atoms with Crippen LogP contribution < -0.4 is 0 Å². The molecular formula is C30H28ClNO2. The number of carboxylic acids is 1. The molecule has 0 atom stereocenters. The summed E-state index contributed by atoms with van der Waals surface area (Å²) in [7, 11) is 0. The second-order valence-corrected chi connectivity index (χ2v) is 8.94. The zero-order valence-corrected chi connectivity index (χ0v) is 19.8. The van der Waals surface area contributed by atoms with Crippen molar-refractivity contribution >= 4 is 17.6 Å². The minimum Gasteiger partial charge on any atom is -0.478 e. The van der Waals surface area contributed by atoms with Crippen LogP contribution in [-0.4, -0.2) is 22.5 Å². The summed E-state index contributed by atoms with van der Waals surface area (Å²) in [6, 6.07) is 34.2. The second kappa shape index (κ2) is 11.6. The molecular weight excluding hydrogens is 442 g/mol. The fraction of sp³-hybridized carbons (Fsp3) is 0.167. The second-order valence-electron chi connectivity index (χ2n) is 8.51. The third kappa shape index (κ3) is 6.80. The van der Waals surface area contributed by atoms with E-state index in [0.29, 0.717) is 5.56 Å². The lowest BCUT2D eigenvalue weighted by Gasteiger charge is -2.23. The Labute approximate surface area is 206 Å². The summed E-state index contributed by atoms with van der Waals surface area (Å²) in [6.45, 7) is 2.72. The van der Waals surface area contributed by atoms with Gasteiger partial charge in [0.15, 0.2) is 0 Å². The quantitative estimate of drug-likeness (QED) is 0.264. The van der Waals surface area contributed by atoms with Crippen molar-refractivity contribution in [3.8, 4) is 11.1 Å². The molecule has 4 aromatic carbocycles. The van der Waals surface area contributed by atoms with Crippen molar-refractivity contribution in [3.05, 3.63) is 130 Å². The van der Waals surface area contributed by atoms with Crippen molar-refractivity contribution in [1.82, 2.24) is 4.90 Å². The minimum absolute atomic E-state index is 0.300. The maximum Gasteiger partial charge on any atom is 0.335 e. The zero-order chi connectivity index (χ0) is 23.8. The Morgan fingerprint density at radius 3 is 1.76 bits per heavy atom. The van der Waals surface area contributed by atoms with E-state index in [9.17, 15) is 4.79 Å². The summed E-state index contributed by atoms with van der Waals surface area (Å²) in [5.74, 6) is -0.907. The van der Waals surface area contributed by atoms with Crippen molar-refractivity contribution < 1.29 is 9.90 Å². The summed E-state index contributed by atoms with van der Waals surface area (Å²) in [5.41, 5.74) is 6.26. The Morgan fingerprint density at radius 2 is 1.21 bits per heavy atom. The van der Waals surface area contributed by atoms with E-state index in [1.807, 2.05) is 24.3 Å².